The Morgan fingerprint density at radius 2 is 1.85 bits per heavy atom. The highest BCUT2D eigenvalue weighted by Crippen LogP contribution is 2.34. The topological polar surface area (TPSA) is 88.6 Å². The molecule has 0 aliphatic rings. The summed E-state index contributed by atoms with van der Waals surface area (Å²) >= 11 is 0. The number of amides is 1. The van der Waals surface area contributed by atoms with Gasteiger partial charge in [0.15, 0.2) is 0 Å². The molecule has 2 N–H and O–H groups in total. The van der Waals surface area contributed by atoms with Crippen molar-refractivity contribution in [2.75, 3.05) is 37.9 Å². The molecule has 214 valence electrons. The fraction of sp³-hybridized carbons (Fsp3) is 0.281. The lowest BCUT2D eigenvalue weighted by molar-refractivity contribution is -0.111. The number of carbonyl (C=O) groups excluding carboxylic acids is 1. The van der Waals surface area contributed by atoms with E-state index in [1.165, 1.54) is 24.5 Å². The third-order valence-corrected chi connectivity index (χ3v) is 6.05. The van der Waals surface area contributed by atoms with Gasteiger partial charge in [-0.3, -0.25) is 4.79 Å². The molecule has 0 spiro atoms. The van der Waals surface area contributed by atoms with Crippen molar-refractivity contribution in [2.45, 2.75) is 32.6 Å². The predicted molar refractivity (Wildman–Crippen MR) is 160 cm³/mol. The van der Waals surface area contributed by atoms with Gasteiger partial charge in [0.2, 0.25) is 5.91 Å². The molecule has 3 aromatic carbocycles. The standard InChI is InChI=1S/C32H36FN5O3/c1-22(2)41-30-18-27-26(17-28(30)36-31(39)14-9-15-38(3)4)32(35-21-34-27)37-29(24-11-6-5-7-12-24)20-40-19-23-10-8-13-25(33)16-23/h5-14,16-18,21-22,29H,15,19-20H2,1-4H3,(H,36,39)(H,34,35,37). The van der Waals surface area contributed by atoms with Crippen LogP contribution < -0.4 is 15.4 Å². The zero-order chi connectivity index (χ0) is 29.2. The number of nitrogens with zero attached hydrogens (tertiary/aromatic N) is 3. The summed E-state index contributed by atoms with van der Waals surface area (Å²) in [7, 11) is 3.87. The molecule has 1 aromatic heterocycles. The summed E-state index contributed by atoms with van der Waals surface area (Å²) in [5.74, 6) is 0.532. The van der Waals surface area contributed by atoms with Gasteiger partial charge in [-0.05, 0) is 57.3 Å². The van der Waals surface area contributed by atoms with E-state index in [1.54, 1.807) is 18.2 Å². The Morgan fingerprint density at radius 3 is 2.59 bits per heavy atom. The number of anilines is 2. The van der Waals surface area contributed by atoms with Gasteiger partial charge in [0.25, 0.3) is 0 Å². The normalized spacial score (nSPS) is 12.3. The summed E-state index contributed by atoms with van der Waals surface area (Å²) in [6, 6.07) is 19.6. The molecule has 0 saturated heterocycles. The van der Waals surface area contributed by atoms with Crippen LogP contribution in [0.5, 0.6) is 5.75 Å². The van der Waals surface area contributed by atoms with Gasteiger partial charge in [-0.1, -0.05) is 48.5 Å². The number of nitrogens with one attached hydrogen (secondary N) is 2. The van der Waals surface area contributed by atoms with Crippen LogP contribution in [-0.2, 0) is 16.1 Å². The first-order valence-corrected chi connectivity index (χ1v) is 13.5. The van der Waals surface area contributed by atoms with E-state index < -0.39 is 0 Å². The molecule has 0 aliphatic heterocycles. The molecular weight excluding hydrogens is 521 g/mol. The van der Waals surface area contributed by atoms with Crippen LogP contribution in [0.3, 0.4) is 0 Å². The molecule has 1 atom stereocenters. The zero-order valence-electron chi connectivity index (χ0n) is 23.8. The molecule has 41 heavy (non-hydrogen) atoms. The highest BCUT2D eigenvalue weighted by atomic mass is 19.1. The van der Waals surface area contributed by atoms with E-state index in [0.717, 1.165) is 11.1 Å². The number of hydrogen-bond acceptors (Lipinski definition) is 7. The van der Waals surface area contributed by atoms with Crippen molar-refractivity contribution in [2.24, 2.45) is 0 Å². The molecule has 0 radical (unpaired) electrons. The largest absolute Gasteiger partial charge is 0.489 e. The number of hydrogen-bond donors (Lipinski definition) is 2. The minimum atomic E-state index is -0.298. The molecule has 1 unspecified atom stereocenters. The Labute approximate surface area is 240 Å². The van der Waals surface area contributed by atoms with Gasteiger partial charge in [-0.25, -0.2) is 14.4 Å². The van der Waals surface area contributed by atoms with Crippen LogP contribution in [0, 0.1) is 5.82 Å². The summed E-state index contributed by atoms with van der Waals surface area (Å²) < 4.78 is 25.7. The smallest absolute Gasteiger partial charge is 0.248 e. The van der Waals surface area contributed by atoms with Crippen molar-refractivity contribution >= 4 is 28.3 Å². The molecule has 0 bridgehead atoms. The highest BCUT2D eigenvalue weighted by molar-refractivity contribution is 6.03. The molecule has 0 aliphatic carbocycles. The fourth-order valence-corrected chi connectivity index (χ4v) is 4.19. The minimum Gasteiger partial charge on any atom is -0.489 e. The molecule has 9 heteroatoms. The van der Waals surface area contributed by atoms with Crippen molar-refractivity contribution in [1.82, 2.24) is 14.9 Å². The van der Waals surface area contributed by atoms with Gasteiger partial charge in [-0.2, -0.15) is 0 Å². The SMILES string of the molecule is CC(C)Oc1cc2ncnc(NC(COCc3cccc(F)c3)c3ccccc3)c2cc1NC(=O)C=CCN(C)C. The number of halogens is 1. The first-order chi connectivity index (χ1) is 19.8. The Bertz CT molecular complexity index is 1480. The van der Waals surface area contributed by atoms with Gasteiger partial charge in [0.05, 0.1) is 36.6 Å². The summed E-state index contributed by atoms with van der Waals surface area (Å²) in [4.78, 5) is 23.7. The van der Waals surface area contributed by atoms with Gasteiger partial charge < -0.3 is 25.0 Å². The minimum absolute atomic E-state index is 0.107. The molecule has 1 heterocycles. The maximum Gasteiger partial charge on any atom is 0.248 e. The van der Waals surface area contributed by atoms with Gasteiger partial charge in [0, 0.05) is 24.1 Å². The first kappa shape index (κ1) is 29.6. The van der Waals surface area contributed by atoms with Crippen molar-refractivity contribution < 1.29 is 18.7 Å². The van der Waals surface area contributed by atoms with Crippen LogP contribution in [0.25, 0.3) is 10.9 Å². The number of likely N-dealkylation sites (N-methyl/N-ethyl adjacent to an activating group) is 1. The molecule has 8 nitrogen and oxygen atoms in total. The Kier molecular flexibility index (Phi) is 10.4. The van der Waals surface area contributed by atoms with Crippen LogP contribution >= 0.6 is 0 Å². The van der Waals surface area contributed by atoms with Gasteiger partial charge >= 0.3 is 0 Å². The Morgan fingerprint density at radius 1 is 1.05 bits per heavy atom. The monoisotopic (exact) mass is 557 g/mol. The average Bonchev–Trinajstić information content (AvgIpc) is 2.93. The van der Waals surface area contributed by atoms with Gasteiger partial charge in [0.1, 0.15) is 23.7 Å². The average molecular weight is 558 g/mol. The second kappa shape index (κ2) is 14.3. The quantitative estimate of drug-likeness (QED) is 0.196. The predicted octanol–water partition coefficient (Wildman–Crippen LogP) is 5.98. The molecular formula is C32H36FN5O3. The van der Waals surface area contributed by atoms with Crippen LogP contribution in [-0.4, -0.2) is 54.1 Å². The number of ether oxygens (including phenoxy) is 2. The number of rotatable bonds is 13. The number of benzene rings is 3. The third kappa shape index (κ3) is 8.83. The zero-order valence-corrected chi connectivity index (χ0v) is 23.8. The molecule has 1 amide bonds. The number of carbonyl (C=O) groups is 1. The second-order valence-electron chi connectivity index (χ2n) is 10.2. The summed E-state index contributed by atoms with van der Waals surface area (Å²) in [6.45, 7) is 5.06. The van der Waals surface area contributed by atoms with E-state index in [2.05, 4.69) is 20.6 Å². The van der Waals surface area contributed by atoms with E-state index >= 15 is 0 Å². The van der Waals surface area contributed by atoms with Gasteiger partial charge in [-0.15, -0.1) is 0 Å². The Balaban J connectivity index is 1.62. The summed E-state index contributed by atoms with van der Waals surface area (Å²) in [6.07, 6.45) is 4.68. The van der Waals surface area contributed by atoms with Crippen LogP contribution in [0.15, 0.2) is 85.2 Å². The third-order valence-electron chi connectivity index (χ3n) is 6.05. The van der Waals surface area contributed by atoms with E-state index in [4.69, 9.17) is 9.47 Å². The maximum atomic E-state index is 13.6. The Hall–Kier alpha value is -4.34. The van der Waals surface area contributed by atoms with Crippen LogP contribution in [0.4, 0.5) is 15.9 Å². The lowest BCUT2D eigenvalue weighted by Crippen LogP contribution is -2.18. The van der Waals surface area contributed by atoms with E-state index in [0.29, 0.717) is 41.3 Å². The fourth-order valence-electron chi connectivity index (χ4n) is 4.19. The lowest BCUT2D eigenvalue weighted by Gasteiger charge is -2.22. The molecule has 4 aromatic rings. The molecule has 0 fully saturated rings. The van der Waals surface area contributed by atoms with E-state index in [1.807, 2.05) is 75.3 Å². The number of fused-ring (bicyclic) bond motifs is 1. The summed E-state index contributed by atoms with van der Waals surface area (Å²) in [5.41, 5.74) is 2.92. The van der Waals surface area contributed by atoms with E-state index in [-0.39, 0.29) is 30.5 Å². The van der Waals surface area contributed by atoms with E-state index in [9.17, 15) is 9.18 Å². The molecule has 0 saturated carbocycles. The summed E-state index contributed by atoms with van der Waals surface area (Å²) in [5, 5.41) is 7.15. The maximum absolute atomic E-state index is 13.6. The molecule has 4 rings (SSSR count). The second-order valence-corrected chi connectivity index (χ2v) is 10.2. The van der Waals surface area contributed by atoms with Crippen molar-refractivity contribution in [3.05, 3.63) is 102 Å². The van der Waals surface area contributed by atoms with Crippen LogP contribution in [0.1, 0.15) is 31.0 Å². The van der Waals surface area contributed by atoms with Crippen molar-refractivity contribution in [1.29, 1.82) is 0 Å². The first-order valence-electron chi connectivity index (χ1n) is 13.5. The van der Waals surface area contributed by atoms with Crippen molar-refractivity contribution in [3.8, 4) is 5.75 Å². The number of aromatic nitrogens is 2. The lowest BCUT2D eigenvalue weighted by atomic mass is 10.1. The van der Waals surface area contributed by atoms with Crippen LogP contribution in [0.2, 0.25) is 0 Å². The highest BCUT2D eigenvalue weighted by Gasteiger charge is 2.18. The van der Waals surface area contributed by atoms with Crippen molar-refractivity contribution in [3.63, 3.8) is 0 Å².